The van der Waals surface area contributed by atoms with Gasteiger partial charge in [-0.05, 0) is 19.1 Å². The molecule has 0 saturated carbocycles. The van der Waals surface area contributed by atoms with Crippen LogP contribution < -0.4 is 15.0 Å². The van der Waals surface area contributed by atoms with Crippen LogP contribution in [0.15, 0.2) is 36.7 Å². The number of hydrogen-bond donors (Lipinski definition) is 1. The van der Waals surface area contributed by atoms with Crippen LogP contribution in [0.5, 0.6) is 5.75 Å². The minimum absolute atomic E-state index is 0.181. The maximum absolute atomic E-state index is 12.3. The Bertz CT molecular complexity index is 836. The van der Waals surface area contributed by atoms with Crippen LogP contribution in [0, 0.1) is 10.1 Å². The highest BCUT2D eigenvalue weighted by Crippen LogP contribution is 2.35. The number of aromatic nitrogens is 2. The maximum atomic E-state index is 12.3. The van der Waals surface area contributed by atoms with Crippen molar-refractivity contribution in [1.82, 2.24) is 15.1 Å². The number of non-ortho nitro benzene ring substituents is 1. The van der Waals surface area contributed by atoms with E-state index in [4.69, 9.17) is 4.74 Å². The zero-order valence-electron chi connectivity index (χ0n) is 14.0. The average molecular weight is 359 g/mol. The van der Waals surface area contributed by atoms with Crippen molar-refractivity contribution in [3.63, 3.8) is 0 Å². The van der Waals surface area contributed by atoms with Gasteiger partial charge in [0, 0.05) is 30.6 Å². The second kappa shape index (κ2) is 7.21. The van der Waals surface area contributed by atoms with E-state index in [1.54, 1.807) is 23.1 Å². The molecule has 0 spiro atoms. The lowest BCUT2D eigenvalue weighted by molar-refractivity contribution is -0.384. The number of nitro groups is 1. The number of amides is 2. The Morgan fingerprint density at radius 2 is 2.31 bits per heavy atom. The van der Waals surface area contributed by atoms with Crippen LogP contribution >= 0.6 is 0 Å². The molecule has 2 heterocycles. The third kappa shape index (κ3) is 3.79. The number of nitrogens with one attached hydrogen (secondary N) is 1. The number of anilines is 1. The smallest absolute Gasteiger partial charge is 0.271 e. The quantitative estimate of drug-likeness (QED) is 0.599. The first kappa shape index (κ1) is 17.4. The molecule has 10 heteroatoms. The maximum Gasteiger partial charge on any atom is 0.271 e. The van der Waals surface area contributed by atoms with Crippen LogP contribution in [-0.2, 0) is 16.1 Å². The Hall–Kier alpha value is -3.43. The Balaban J connectivity index is 1.70. The van der Waals surface area contributed by atoms with Gasteiger partial charge in [-0.25, -0.2) is 0 Å². The minimum Gasteiger partial charge on any atom is -0.482 e. The molecular formula is C16H17N5O5. The highest BCUT2D eigenvalue weighted by atomic mass is 16.6. The van der Waals surface area contributed by atoms with E-state index < -0.39 is 10.8 Å². The molecule has 10 nitrogen and oxygen atoms in total. The minimum atomic E-state index is -0.566. The molecule has 0 aliphatic carbocycles. The van der Waals surface area contributed by atoms with Crippen LogP contribution in [0.3, 0.4) is 0 Å². The summed E-state index contributed by atoms with van der Waals surface area (Å²) in [6, 6.07) is 5.52. The van der Waals surface area contributed by atoms with Gasteiger partial charge in [0.2, 0.25) is 5.91 Å². The number of carbonyl (C=O) groups excluding carboxylic acids is 2. The summed E-state index contributed by atoms with van der Waals surface area (Å²) in [6.07, 6.45) is 3.42. The first-order valence-electron chi connectivity index (χ1n) is 7.92. The second-order valence-electron chi connectivity index (χ2n) is 5.87. The first-order valence-corrected chi connectivity index (χ1v) is 7.92. The van der Waals surface area contributed by atoms with Crippen molar-refractivity contribution in [3.05, 3.63) is 46.8 Å². The lowest BCUT2D eigenvalue weighted by atomic mass is 10.2. The van der Waals surface area contributed by atoms with Gasteiger partial charge in [0.05, 0.1) is 17.2 Å². The van der Waals surface area contributed by atoms with Gasteiger partial charge in [-0.3, -0.25) is 29.3 Å². The Morgan fingerprint density at radius 1 is 1.50 bits per heavy atom. The lowest BCUT2D eigenvalue weighted by Gasteiger charge is -2.29. The normalized spacial score (nSPS) is 14.3. The fourth-order valence-corrected chi connectivity index (χ4v) is 2.68. The van der Waals surface area contributed by atoms with Gasteiger partial charge in [-0.1, -0.05) is 0 Å². The van der Waals surface area contributed by atoms with E-state index in [0.717, 1.165) is 0 Å². The molecule has 136 valence electrons. The molecule has 1 aromatic carbocycles. The summed E-state index contributed by atoms with van der Waals surface area (Å²) < 4.78 is 6.96. The van der Waals surface area contributed by atoms with Crippen LogP contribution in [0.2, 0.25) is 0 Å². The van der Waals surface area contributed by atoms with E-state index in [-0.39, 0.29) is 36.5 Å². The summed E-state index contributed by atoms with van der Waals surface area (Å²) >= 11 is 0. The Morgan fingerprint density at radius 3 is 3.00 bits per heavy atom. The largest absolute Gasteiger partial charge is 0.482 e. The molecule has 1 atom stereocenters. The molecule has 0 bridgehead atoms. The topological polar surface area (TPSA) is 120 Å². The Kier molecular flexibility index (Phi) is 4.83. The van der Waals surface area contributed by atoms with Gasteiger partial charge >= 0.3 is 0 Å². The van der Waals surface area contributed by atoms with E-state index in [2.05, 4.69) is 10.4 Å². The van der Waals surface area contributed by atoms with Crippen LogP contribution in [0.25, 0.3) is 0 Å². The molecule has 0 saturated heterocycles. The zero-order valence-corrected chi connectivity index (χ0v) is 14.0. The standard InChI is InChI=1S/C16H17N5O5/c1-11(8-19-6-2-5-17-19)18-15(22)9-20-13-7-12(21(24)25)3-4-14(13)26-10-16(20)23/h2-7,11H,8-10H2,1H3,(H,18,22). The zero-order chi connectivity index (χ0) is 18.7. The fourth-order valence-electron chi connectivity index (χ4n) is 2.68. The fraction of sp³-hybridized carbons (Fsp3) is 0.312. The van der Waals surface area contributed by atoms with Gasteiger partial charge in [-0.2, -0.15) is 5.10 Å². The van der Waals surface area contributed by atoms with E-state index >= 15 is 0 Å². The van der Waals surface area contributed by atoms with Crippen molar-refractivity contribution in [2.24, 2.45) is 0 Å². The summed E-state index contributed by atoms with van der Waals surface area (Å²) in [5.41, 5.74) is 0.0323. The highest BCUT2D eigenvalue weighted by Gasteiger charge is 2.29. The molecule has 0 fully saturated rings. The third-order valence-corrected chi connectivity index (χ3v) is 3.83. The van der Waals surface area contributed by atoms with E-state index in [0.29, 0.717) is 12.3 Å². The van der Waals surface area contributed by atoms with Gasteiger partial charge in [0.15, 0.2) is 6.61 Å². The molecule has 3 rings (SSSR count). The van der Waals surface area contributed by atoms with Crippen LogP contribution in [0.4, 0.5) is 11.4 Å². The number of nitrogens with zero attached hydrogens (tertiary/aromatic N) is 4. The summed E-state index contributed by atoms with van der Waals surface area (Å²) in [6.45, 7) is 1.83. The number of rotatable bonds is 6. The predicted octanol–water partition coefficient (Wildman–Crippen LogP) is 0.722. The van der Waals surface area contributed by atoms with Crippen molar-refractivity contribution in [2.45, 2.75) is 19.5 Å². The molecule has 0 radical (unpaired) electrons. The molecular weight excluding hydrogens is 342 g/mol. The van der Waals surface area contributed by atoms with Crippen molar-refractivity contribution in [3.8, 4) is 5.75 Å². The SMILES string of the molecule is CC(Cn1cccn1)NC(=O)CN1C(=O)COc2ccc([N+](=O)[O-])cc21. The summed E-state index contributed by atoms with van der Waals surface area (Å²) in [4.78, 5) is 36.1. The van der Waals surface area contributed by atoms with Crippen molar-refractivity contribution in [2.75, 3.05) is 18.1 Å². The van der Waals surface area contributed by atoms with Crippen LogP contribution in [0.1, 0.15) is 6.92 Å². The number of fused-ring (bicyclic) bond motifs is 1. The second-order valence-corrected chi connectivity index (χ2v) is 5.87. The van der Waals surface area contributed by atoms with E-state index in [9.17, 15) is 19.7 Å². The summed E-state index contributed by atoms with van der Waals surface area (Å²) in [7, 11) is 0. The lowest BCUT2D eigenvalue weighted by Crippen LogP contribution is -2.47. The predicted molar refractivity (Wildman–Crippen MR) is 90.8 cm³/mol. The molecule has 1 aliphatic rings. The van der Waals surface area contributed by atoms with Gasteiger partial charge < -0.3 is 10.1 Å². The summed E-state index contributed by atoms with van der Waals surface area (Å²) in [5.74, 6) is -0.488. The monoisotopic (exact) mass is 359 g/mol. The molecule has 1 aromatic heterocycles. The number of nitro benzene ring substituents is 1. The van der Waals surface area contributed by atoms with Gasteiger partial charge in [-0.15, -0.1) is 0 Å². The third-order valence-electron chi connectivity index (χ3n) is 3.83. The van der Waals surface area contributed by atoms with Crippen molar-refractivity contribution < 1.29 is 19.2 Å². The van der Waals surface area contributed by atoms with Gasteiger partial charge in [0.25, 0.3) is 11.6 Å². The molecule has 1 unspecified atom stereocenters. The van der Waals surface area contributed by atoms with E-state index in [1.807, 2.05) is 6.92 Å². The number of ether oxygens (including phenoxy) is 1. The molecule has 1 aliphatic heterocycles. The van der Waals surface area contributed by atoms with Crippen LogP contribution in [-0.4, -0.2) is 45.7 Å². The highest BCUT2D eigenvalue weighted by molar-refractivity contribution is 6.02. The molecule has 1 N–H and O–H groups in total. The van der Waals surface area contributed by atoms with Crippen molar-refractivity contribution >= 4 is 23.2 Å². The van der Waals surface area contributed by atoms with Crippen molar-refractivity contribution in [1.29, 1.82) is 0 Å². The number of benzene rings is 1. The van der Waals surface area contributed by atoms with E-state index in [1.165, 1.54) is 23.1 Å². The molecule has 2 amide bonds. The summed E-state index contributed by atoms with van der Waals surface area (Å²) in [5, 5.41) is 17.8. The number of hydrogen-bond acceptors (Lipinski definition) is 6. The molecule has 2 aromatic rings. The number of carbonyl (C=O) groups is 2. The average Bonchev–Trinajstić information content (AvgIpc) is 3.09. The Labute approximate surface area is 148 Å². The first-order chi connectivity index (χ1) is 12.4. The van der Waals surface area contributed by atoms with Gasteiger partial charge in [0.1, 0.15) is 12.3 Å². The molecule has 26 heavy (non-hydrogen) atoms.